The second-order valence-electron chi connectivity index (χ2n) is 7.83. The summed E-state index contributed by atoms with van der Waals surface area (Å²) in [5, 5.41) is 0. The van der Waals surface area contributed by atoms with E-state index in [1.54, 1.807) is 0 Å². The number of nitrogens with zero attached hydrogens (tertiary/aromatic N) is 4. The zero-order chi connectivity index (χ0) is 14.2. The van der Waals surface area contributed by atoms with Gasteiger partial charge >= 0.3 is 0 Å². The molecule has 4 saturated heterocycles. The van der Waals surface area contributed by atoms with E-state index >= 15 is 0 Å². The summed E-state index contributed by atoms with van der Waals surface area (Å²) in [6.45, 7) is 10.5. The number of piperidine rings is 1. The number of hydrogen-bond acceptors (Lipinski definition) is 4. The van der Waals surface area contributed by atoms with E-state index in [4.69, 9.17) is 0 Å². The van der Waals surface area contributed by atoms with Crippen molar-refractivity contribution in [2.45, 2.75) is 50.2 Å². The molecule has 4 aliphatic heterocycles. The number of piperazine rings is 2. The largest absolute Gasteiger partial charge is 0.304 e. The van der Waals surface area contributed by atoms with Crippen molar-refractivity contribution in [2.24, 2.45) is 0 Å². The highest BCUT2D eigenvalue weighted by Crippen LogP contribution is 2.28. The smallest absolute Gasteiger partial charge is 0.0227 e. The molecule has 21 heavy (non-hydrogen) atoms. The number of hydrogen-bond donors (Lipinski definition) is 0. The number of fused-ring (bicyclic) bond motifs is 2. The molecular formula is C17H32N4. The summed E-state index contributed by atoms with van der Waals surface area (Å²) >= 11 is 0. The van der Waals surface area contributed by atoms with Gasteiger partial charge in [-0.2, -0.15) is 0 Å². The van der Waals surface area contributed by atoms with Crippen LogP contribution in [0, 0.1) is 0 Å². The molecule has 4 heterocycles. The Morgan fingerprint density at radius 2 is 1.71 bits per heavy atom. The maximum absolute atomic E-state index is 2.87. The van der Waals surface area contributed by atoms with Crippen LogP contribution in [0.5, 0.6) is 0 Å². The zero-order valence-corrected chi connectivity index (χ0v) is 13.7. The van der Waals surface area contributed by atoms with Crippen molar-refractivity contribution in [2.75, 3.05) is 59.4 Å². The lowest BCUT2D eigenvalue weighted by atomic mass is 9.93. The molecule has 0 aromatic heterocycles. The lowest BCUT2D eigenvalue weighted by Crippen LogP contribution is -2.61. The van der Waals surface area contributed by atoms with E-state index in [0.29, 0.717) is 0 Å². The average molecular weight is 292 g/mol. The summed E-state index contributed by atoms with van der Waals surface area (Å²) in [5.41, 5.74) is 0. The van der Waals surface area contributed by atoms with Crippen LogP contribution in [0.1, 0.15) is 32.1 Å². The fourth-order valence-electron chi connectivity index (χ4n) is 5.23. The van der Waals surface area contributed by atoms with Crippen molar-refractivity contribution in [3.05, 3.63) is 0 Å². The van der Waals surface area contributed by atoms with E-state index in [1.165, 1.54) is 84.5 Å². The van der Waals surface area contributed by atoms with E-state index in [1.807, 2.05) is 0 Å². The summed E-state index contributed by atoms with van der Waals surface area (Å²) in [6.07, 6.45) is 7.19. The van der Waals surface area contributed by atoms with Crippen LogP contribution in [0.25, 0.3) is 0 Å². The molecule has 0 spiro atoms. The molecule has 3 atom stereocenters. The molecule has 0 radical (unpaired) electrons. The standard InChI is InChI=1S/C17H32N4/c1-18-8-11-21-16(12-18)4-2-5-17(21)14-19-9-10-20-7-3-6-15(20)13-19/h15-17H,2-14H2,1H3. The third-order valence-electron chi connectivity index (χ3n) is 6.42. The third-order valence-corrected chi connectivity index (χ3v) is 6.42. The molecule has 0 saturated carbocycles. The van der Waals surface area contributed by atoms with E-state index in [0.717, 1.165) is 18.1 Å². The summed E-state index contributed by atoms with van der Waals surface area (Å²) in [5.74, 6) is 0. The third kappa shape index (κ3) is 3.00. The fourth-order valence-corrected chi connectivity index (χ4v) is 5.23. The van der Waals surface area contributed by atoms with Gasteiger partial charge in [0.1, 0.15) is 0 Å². The first-order valence-electron chi connectivity index (χ1n) is 9.20. The summed E-state index contributed by atoms with van der Waals surface area (Å²) in [6, 6.07) is 2.56. The monoisotopic (exact) mass is 292 g/mol. The summed E-state index contributed by atoms with van der Waals surface area (Å²) in [4.78, 5) is 10.9. The molecule has 0 bridgehead atoms. The molecular weight excluding hydrogens is 260 g/mol. The molecule has 0 aromatic rings. The minimum Gasteiger partial charge on any atom is -0.304 e. The van der Waals surface area contributed by atoms with Gasteiger partial charge in [0.05, 0.1) is 0 Å². The van der Waals surface area contributed by atoms with Crippen molar-refractivity contribution in [3.63, 3.8) is 0 Å². The van der Waals surface area contributed by atoms with Gasteiger partial charge in [-0.3, -0.25) is 14.7 Å². The van der Waals surface area contributed by atoms with Crippen LogP contribution in [-0.2, 0) is 0 Å². The Hall–Kier alpha value is -0.160. The van der Waals surface area contributed by atoms with Gasteiger partial charge in [-0.05, 0) is 39.3 Å². The molecule has 3 unspecified atom stereocenters. The van der Waals surface area contributed by atoms with Crippen LogP contribution in [0.2, 0.25) is 0 Å². The molecule has 4 nitrogen and oxygen atoms in total. The minimum absolute atomic E-state index is 0.838. The van der Waals surface area contributed by atoms with Gasteiger partial charge in [-0.15, -0.1) is 0 Å². The quantitative estimate of drug-likeness (QED) is 0.751. The average Bonchev–Trinajstić information content (AvgIpc) is 2.95. The van der Waals surface area contributed by atoms with Crippen molar-refractivity contribution in [1.82, 2.24) is 19.6 Å². The summed E-state index contributed by atoms with van der Waals surface area (Å²) < 4.78 is 0. The predicted octanol–water partition coefficient (Wildman–Crippen LogP) is 0.935. The van der Waals surface area contributed by atoms with E-state index in [2.05, 4.69) is 26.6 Å². The van der Waals surface area contributed by atoms with Gasteiger partial charge in [-0.1, -0.05) is 6.42 Å². The van der Waals surface area contributed by atoms with Gasteiger partial charge in [0.15, 0.2) is 0 Å². The van der Waals surface area contributed by atoms with Crippen molar-refractivity contribution < 1.29 is 0 Å². The molecule has 120 valence electrons. The SMILES string of the molecule is CN1CCN2C(CCCC2CN2CCN3CCCC3C2)C1. The Labute approximate surface area is 130 Å². The summed E-state index contributed by atoms with van der Waals surface area (Å²) in [7, 11) is 2.29. The lowest BCUT2D eigenvalue weighted by molar-refractivity contribution is -0.00489. The van der Waals surface area contributed by atoms with Crippen LogP contribution in [0.15, 0.2) is 0 Å². The lowest BCUT2D eigenvalue weighted by Gasteiger charge is -2.49. The van der Waals surface area contributed by atoms with Gasteiger partial charge < -0.3 is 4.90 Å². The normalized spacial score (nSPS) is 40.1. The molecule has 0 N–H and O–H groups in total. The first kappa shape index (κ1) is 14.4. The van der Waals surface area contributed by atoms with Crippen LogP contribution in [0.4, 0.5) is 0 Å². The number of rotatable bonds is 2. The Balaban J connectivity index is 1.35. The molecule has 0 aromatic carbocycles. The van der Waals surface area contributed by atoms with Crippen LogP contribution in [0.3, 0.4) is 0 Å². The highest BCUT2D eigenvalue weighted by atomic mass is 15.3. The van der Waals surface area contributed by atoms with E-state index < -0.39 is 0 Å². The van der Waals surface area contributed by atoms with Gasteiger partial charge in [0, 0.05) is 63.9 Å². The first-order valence-corrected chi connectivity index (χ1v) is 9.20. The minimum atomic E-state index is 0.838. The van der Waals surface area contributed by atoms with Crippen LogP contribution >= 0.6 is 0 Å². The fraction of sp³-hybridized carbons (Fsp3) is 1.00. The maximum Gasteiger partial charge on any atom is 0.0227 e. The van der Waals surface area contributed by atoms with Crippen molar-refractivity contribution >= 4 is 0 Å². The first-order chi connectivity index (χ1) is 10.3. The zero-order valence-electron chi connectivity index (χ0n) is 13.7. The number of likely N-dealkylation sites (N-methyl/N-ethyl adjacent to an activating group) is 1. The highest BCUT2D eigenvalue weighted by Gasteiger charge is 2.36. The second kappa shape index (κ2) is 6.15. The Morgan fingerprint density at radius 3 is 2.67 bits per heavy atom. The topological polar surface area (TPSA) is 13.0 Å². The van der Waals surface area contributed by atoms with Crippen molar-refractivity contribution in [1.29, 1.82) is 0 Å². The molecule has 0 aliphatic carbocycles. The van der Waals surface area contributed by atoms with Crippen molar-refractivity contribution in [3.8, 4) is 0 Å². The van der Waals surface area contributed by atoms with Gasteiger partial charge in [-0.25, -0.2) is 0 Å². The molecule has 4 aliphatic rings. The van der Waals surface area contributed by atoms with Crippen LogP contribution in [-0.4, -0.2) is 97.1 Å². The van der Waals surface area contributed by atoms with Gasteiger partial charge in [0.25, 0.3) is 0 Å². The maximum atomic E-state index is 2.87. The molecule has 4 rings (SSSR count). The Bertz CT molecular complexity index is 361. The molecule has 4 heteroatoms. The predicted molar refractivity (Wildman–Crippen MR) is 86.7 cm³/mol. The van der Waals surface area contributed by atoms with E-state index in [9.17, 15) is 0 Å². The molecule has 0 amide bonds. The second-order valence-corrected chi connectivity index (χ2v) is 7.83. The highest BCUT2D eigenvalue weighted by molar-refractivity contribution is 4.93. The van der Waals surface area contributed by atoms with Crippen LogP contribution < -0.4 is 0 Å². The Kier molecular flexibility index (Phi) is 4.23. The van der Waals surface area contributed by atoms with E-state index in [-0.39, 0.29) is 0 Å². The van der Waals surface area contributed by atoms with Gasteiger partial charge in [0.2, 0.25) is 0 Å². The molecule has 4 fully saturated rings. The Morgan fingerprint density at radius 1 is 0.810 bits per heavy atom.